The maximum absolute atomic E-state index is 13.6. The predicted molar refractivity (Wildman–Crippen MR) is 126 cm³/mol. The summed E-state index contributed by atoms with van der Waals surface area (Å²) >= 11 is 1.52. The summed E-state index contributed by atoms with van der Waals surface area (Å²) in [5, 5.41) is 3.24. The smallest absolute Gasteiger partial charge is 0.257 e. The lowest BCUT2D eigenvalue weighted by Crippen LogP contribution is -2.53. The Morgan fingerprint density at radius 3 is 2.62 bits per heavy atom. The molecule has 2 amide bonds. The molecule has 3 aliphatic rings. The van der Waals surface area contributed by atoms with Gasteiger partial charge in [0.2, 0.25) is 5.91 Å². The van der Waals surface area contributed by atoms with Crippen LogP contribution in [0.3, 0.4) is 0 Å². The van der Waals surface area contributed by atoms with E-state index in [9.17, 15) is 9.59 Å². The summed E-state index contributed by atoms with van der Waals surface area (Å²) in [6, 6.07) is 16.1. The first-order valence-corrected chi connectivity index (χ1v) is 12.2. The molecule has 168 valence electrons. The molecule has 2 unspecified atom stereocenters. The van der Waals surface area contributed by atoms with Gasteiger partial charge in [0.1, 0.15) is 5.75 Å². The molecule has 2 aromatic rings. The molecule has 2 fully saturated rings. The SMILES string of the molecule is COc1ccc(C(CNC(=O)C23CCC(=O)N2c2ccccc2S3)N2CCCCC2)cc1. The number of methoxy groups -OCH3 is 1. The molecule has 1 N–H and O–H groups in total. The molecular formula is C25H29N3O3S. The van der Waals surface area contributed by atoms with Gasteiger partial charge in [-0.25, -0.2) is 0 Å². The van der Waals surface area contributed by atoms with Crippen molar-refractivity contribution < 1.29 is 14.3 Å². The normalized spacial score (nSPS) is 23.5. The van der Waals surface area contributed by atoms with Crippen LogP contribution in [0.5, 0.6) is 5.75 Å². The van der Waals surface area contributed by atoms with Gasteiger partial charge >= 0.3 is 0 Å². The fourth-order valence-corrected chi connectivity index (χ4v) is 6.57. The minimum absolute atomic E-state index is 0.0281. The lowest BCUT2D eigenvalue weighted by Gasteiger charge is -2.36. The van der Waals surface area contributed by atoms with Crippen molar-refractivity contribution in [2.75, 3.05) is 31.6 Å². The maximum atomic E-state index is 13.6. The van der Waals surface area contributed by atoms with Gasteiger partial charge in [0.15, 0.2) is 4.87 Å². The Kier molecular flexibility index (Phi) is 5.86. The second kappa shape index (κ2) is 8.79. The van der Waals surface area contributed by atoms with Crippen LogP contribution in [0, 0.1) is 0 Å². The molecule has 2 aromatic carbocycles. The molecule has 3 aliphatic heterocycles. The number of thioether (sulfide) groups is 1. The number of piperidine rings is 1. The van der Waals surface area contributed by atoms with Crippen molar-refractivity contribution in [3.05, 3.63) is 54.1 Å². The Hall–Kier alpha value is -2.51. The Labute approximate surface area is 193 Å². The number of anilines is 1. The van der Waals surface area contributed by atoms with Crippen molar-refractivity contribution in [3.8, 4) is 5.75 Å². The number of rotatable bonds is 6. The topological polar surface area (TPSA) is 61.9 Å². The standard InChI is InChI=1S/C25H29N3O3S/c1-31-19-11-9-18(10-12-19)21(27-15-5-2-6-16-27)17-26-24(30)25-14-13-23(29)28(25)20-7-3-4-8-22(20)32-25/h3-4,7-12,21H,2,5-6,13-17H2,1H3,(H,26,30). The molecule has 2 saturated heterocycles. The summed E-state index contributed by atoms with van der Waals surface area (Å²) in [5.41, 5.74) is 2.03. The average molecular weight is 452 g/mol. The number of para-hydroxylation sites is 1. The zero-order valence-electron chi connectivity index (χ0n) is 18.4. The van der Waals surface area contributed by atoms with Gasteiger partial charge in [-0.3, -0.25) is 19.4 Å². The lowest BCUT2D eigenvalue weighted by atomic mass is 10.0. The van der Waals surface area contributed by atoms with E-state index in [1.807, 2.05) is 36.4 Å². The van der Waals surface area contributed by atoms with Gasteiger partial charge < -0.3 is 10.1 Å². The fraction of sp³-hybridized carbons (Fsp3) is 0.440. The minimum atomic E-state index is -0.868. The van der Waals surface area contributed by atoms with Gasteiger partial charge in [-0.2, -0.15) is 0 Å². The number of hydrogen-bond acceptors (Lipinski definition) is 5. The predicted octanol–water partition coefficient (Wildman–Crippen LogP) is 3.97. The maximum Gasteiger partial charge on any atom is 0.257 e. The van der Waals surface area contributed by atoms with Gasteiger partial charge in [-0.1, -0.05) is 42.4 Å². The largest absolute Gasteiger partial charge is 0.497 e. The molecule has 7 heteroatoms. The van der Waals surface area contributed by atoms with Crippen molar-refractivity contribution >= 4 is 29.3 Å². The molecule has 0 aromatic heterocycles. The monoisotopic (exact) mass is 451 g/mol. The van der Waals surface area contributed by atoms with E-state index in [2.05, 4.69) is 22.3 Å². The zero-order valence-corrected chi connectivity index (χ0v) is 19.2. The Bertz CT molecular complexity index is 1010. The van der Waals surface area contributed by atoms with E-state index in [0.717, 1.165) is 29.4 Å². The lowest BCUT2D eigenvalue weighted by molar-refractivity contribution is -0.125. The second-order valence-corrected chi connectivity index (χ2v) is 10.00. The number of carbonyl (C=O) groups excluding carboxylic acids is 2. The van der Waals surface area contributed by atoms with Crippen LogP contribution >= 0.6 is 11.8 Å². The van der Waals surface area contributed by atoms with E-state index >= 15 is 0 Å². The molecule has 2 atom stereocenters. The van der Waals surface area contributed by atoms with Crippen LogP contribution in [-0.4, -0.2) is 48.3 Å². The highest BCUT2D eigenvalue weighted by Gasteiger charge is 2.57. The number of nitrogens with one attached hydrogen (secondary N) is 1. The van der Waals surface area contributed by atoms with Gasteiger partial charge in [-0.05, 0) is 62.2 Å². The molecule has 3 heterocycles. The number of likely N-dealkylation sites (tertiary alicyclic amines) is 1. The van der Waals surface area contributed by atoms with Crippen molar-refractivity contribution in [3.63, 3.8) is 0 Å². The van der Waals surface area contributed by atoms with Gasteiger partial charge in [0.25, 0.3) is 5.91 Å². The summed E-state index contributed by atoms with van der Waals surface area (Å²) in [5.74, 6) is 0.787. The van der Waals surface area contributed by atoms with Crippen molar-refractivity contribution in [2.24, 2.45) is 0 Å². The summed E-state index contributed by atoms with van der Waals surface area (Å²) in [6.07, 6.45) is 4.56. The van der Waals surface area contributed by atoms with E-state index in [-0.39, 0.29) is 17.9 Å². The Balaban J connectivity index is 1.37. The Morgan fingerprint density at radius 2 is 1.88 bits per heavy atom. The number of benzene rings is 2. The molecule has 0 bridgehead atoms. The molecule has 0 spiro atoms. The number of carbonyl (C=O) groups is 2. The first kappa shape index (κ1) is 21.3. The van der Waals surface area contributed by atoms with Crippen molar-refractivity contribution in [1.82, 2.24) is 10.2 Å². The molecular weight excluding hydrogens is 422 g/mol. The number of nitrogens with zero attached hydrogens (tertiary/aromatic N) is 2. The highest BCUT2D eigenvalue weighted by atomic mass is 32.2. The summed E-state index contributed by atoms with van der Waals surface area (Å²) in [6.45, 7) is 2.58. The summed E-state index contributed by atoms with van der Waals surface area (Å²) in [4.78, 5) is 30.7. The van der Waals surface area contributed by atoms with Crippen LogP contribution in [0.25, 0.3) is 0 Å². The quantitative estimate of drug-likeness (QED) is 0.720. The molecule has 0 saturated carbocycles. The van der Waals surface area contributed by atoms with Crippen LogP contribution in [-0.2, 0) is 9.59 Å². The second-order valence-electron chi connectivity index (χ2n) is 8.68. The number of hydrogen-bond donors (Lipinski definition) is 1. The highest BCUT2D eigenvalue weighted by molar-refractivity contribution is 8.02. The molecule has 5 rings (SSSR count). The third kappa shape index (κ3) is 3.67. The number of ether oxygens (including phenoxy) is 1. The van der Waals surface area contributed by atoms with E-state index in [0.29, 0.717) is 19.4 Å². The van der Waals surface area contributed by atoms with Gasteiger partial charge in [0, 0.05) is 17.9 Å². The number of fused-ring (bicyclic) bond motifs is 3. The Morgan fingerprint density at radius 1 is 1.12 bits per heavy atom. The third-order valence-electron chi connectivity index (χ3n) is 6.82. The van der Waals surface area contributed by atoms with E-state index in [1.165, 1.54) is 36.6 Å². The first-order valence-electron chi connectivity index (χ1n) is 11.4. The third-order valence-corrected chi connectivity index (χ3v) is 8.29. The average Bonchev–Trinajstić information content (AvgIpc) is 3.36. The minimum Gasteiger partial charge on any atom is -0.497 e. The van der Waals surface area contributed by atoms with Crippen molar-refractivity contribution in [1.29, 1.82) is 0 Å². The first-order chi connectivity index (χ1) is 15.6. The molecule has 0 radical (unpaired) electrons. The molecule has 6 nitrogen and oxygen atoms in total. The zero-order chi connectivity index (χ0) is 22.1. The van der Waals surface area contributed by atoms with Crippen molar-refractivity contribution in [2.45, 2.75) is 47.9 Å². The fourth-order valence-electron chi connectivity index (χ4n) is 5.14. The van der Waals surface area contributed by atoms with Crippen LogP contribution in [0.4, 0.5) is 5.69 Å². The van der Waals surface area contributed by atoms with E-state index < -0.39 is 4.87 Å². The summed E-state index contributed by atoms with van der Waals surface area (Å²) < 4.78 is 5.32. The van der Waals surface area contributed by atoms with Crippen LogP contribution in [0.1, 0.15) is 43.7 Å². The summed E-state index contributed by atoms with van der Waals surface area (Å²) in [7, 11) is 1.67. The van der Waals surface area contributed by atoms with Gasteiger partial charge in [-0.15, -0.1) is 0 Å². The highest BCUT2D eigenvalue weighted by Crippen LogP contribution is 2.55. The molecule has 0 aliphatic carbocycles. The van der Waals surface area contributed by atoms with Crippen LogP contribution < -0.4 is 15.0 Å². The van der Waals surface area contributed by atoms with Gasteiger partial charge in [0.05, 0.1) is 18.8 Å². The van der Waals surface area contributed by atoms with Crippen LogP contribution in [0.2, 0.25) is 0 Å². The number of amides is 2. The van der Waals surface area contributed by atoms with E-state index in [4.69, 9.17) is 4.74 Å². The molecule has 32 heavy (non-hydrogen) atoms. The van der Waals surface area contributed by atoms with Crippen LogP contribution in [0.15, 0.2) is 53.4 Å². The van der Waals surface area contributed by atoms with E-state index in [1.54, 1.807) is 12.0 Å².